The minimum absolute atomic E-state index is 0.00317. The lowest BCUT2D eigenvalue weighted by molar-refractivity contribution is -0.951. The first-order valence-corrected chi connectivity index (χ1v) is 10.1. The minimum atomic E-state index is -2.59. The molecule has 2 heterocycles. The number of carbonyl (C=O) groups excluding carboxylic acids is 1. The number of ketones is 1. The SMILES string of the molecule is C[N+]1(CC2CC2(F)F)CC[C@]23c4c5ccc(O)c4O[C@H]2C(=O)CC[C@@]3(O)[C@H]1C5. The highest BCUT2D eigenvalue weighted by atomic mass is 19.3. The first-order chi connectivity index (χ1) is 13.1. The number of Topliss-reactive ketones (excluding diaryl/α,β-unsaturated/α-hetero) is 1. The van der Waals surface area contributed by atoms with Crippen LogP contribution in [0, 0.1) is 5.92 Å². The Bertz CT molecular complexity index is 935. The minimum Gasteiger partial charge on any atom is -0.504 e. The maximum atomic E-state index is 13.7. The zero-order chi connectivity index (χ0) is 19.7. The second-order valence-electron chi connectivity index (χ2n) is 9.83. The van der Waals surface area contributed by atoms with E-state index in [1.165, 1.54) is 0 Å². The van der Waals surface area contributed by atoms with Gasteiger partial charge in [0, 0.05) is 31.2 Å². The molecule has 1 spiro atoms. The summed E-state index contributed by atoms with van der Waals surface area (Å²) in [5, 5.41) is 22.5. The number of carbonyl (C=O) groups is 1. The number of hydrogen-bond acceptors (Lipinski definition) is 4. The average Bonchev–Trinajstić information content (AvgIpc) is 3.05. The number of nitrogens with zero attached hydrogens (tertiary/aromatic N) is 1. The highest BCUT2D eigenvalue weighted by Crippen LogP contribution is 2.66. The number of rotatable bonds is 2. The van der Waals surface area contributed by atoms with Crippen molar-refractivity contribution in [3.05, 3.63) is 23.3 Å². The highest BCUT2D eigenvalue weighted by molar-refractivity contribution is 5.90. The molecule has 6 rings (SSSR count). The van der Waals surface area contributed by atoms with Crippen molar-refractivity contribution in [2.75, 3.05) is 20.1 Å². The average molecular weight is 392 g/mol. The molecule has 1 aromatic carbocycles. The number of likely N-dealkylation sites (N-methyl/N-ethyl adjacent to an activating group) is 1. The Balaban J connectivity index is 1.54. The van der Waals surface area contributed by atoms with Crippen LogP contribution < -0.4 is 4.74 Å². The van der Waals surface area contributed by atoms with E-state index in [9.17, 15) is 23.8 Å². The predicted molar refractivity (Wildman–Crippen MR) is 94.5 cm³/mol. The third-order valence-corrected chi connectivity index (χ3v) is 8.50. The van der Waals surface area contributed by atoms with Crippen molar-refractivity contribution in [1.29, 1.82) is 0 Å². The fraction of sp³-hybridized carbons (Fsp3) is 0.667. The molecular formula is C21H24F2NO4+. The van der Waals surface area contributed by atoms with Crippen molar-refractivity contribution in [2.45, 2.75) is 61.2 Å². The lowest BCUT2D eigenvalue weighted by atomic mass is 9.48. The third-order valence-electron chi connectivity index (χ3n) is 8.50. The van der Waals surface area contributed by atoms with Crippen molar-refractivity contribution in [2.24, 2.45) is 5.92 Å². The van der Waals surface area contributed by atoms with Gasteiger partial charge in [0.25, 0.3) is 5.92 Å². The molecule has 7 heteroatoms. The van der Waals surface area contributed by atoms with Crippen molar-refractivity contribution < 1.29 is 33.0 Å². The summed E-state index contributed by atoms with van der Waals surface area (Å²) in [5.74, 6) is -2.94. The van der Waals surface area contributed by atoms with Gasteiger partial charge in [0.1, 0.15) is 11.6 Å². The van der Waals surface area contributed by atoms with Gasteiger partial charge >= 0.3 is 0 Å². The zero-order valence-corrected chi connectivity index (χ0v) is 15.8. The van der Waals surface area contributed by atoms with Gasteiger partial charge in [-0.05, 0) is 18.1 Å². The van der Waals surface area contributed by atoms with Crippen LogP contribution in [0.25, 0.3) is 0 Å². The van der Waals surface area contributed by atoms with Gasteiger partial charge in [-0.25, -0.2) is 8.78 Å². The van der Waals surface area contributed by atoms with E-state index in [1.54, 1.807) is 6.07 Å². The Labute approximate surface area is 161 Å². The standard InChI is InChI=1S/C21H23F2NO4/c1-24(10-12-9-21(12,22)23)7-6-19-16-11-2-3-13(25)17(16)28-18(19)14(26)4-5-20(19,27)15(24)8-11/h2-3,12,15,18,27H,4-10H2,1H3/p+1/t12?,15-,18+,19+,20-,24?/m1/s1. The Morgan fingerprint density at radius 3 is 2.79 bits per heavy atom. The van der Waals surface area contributed by atoms with Gasteiger partial charge in [0.15, 0.2) is 23.4 Å². The fourth-order valence-electron chi connectivity index (χ4n) is 7.02. The fourth-order valence-corrected chi connectivity index (χ4v) is 7.02. The van der Waals surface area contributed by atoms with Gasteiger partial charge in [-0.15, -0.1) is 0 Å². The van der Waals surface area contributed by atoms with Crippen LogP contribution in [0.15, 0.2) is 12.1 Å². The maximum absolute atomic E-state index is 13.7. The Kier molecular flexibility index (Phi) is 2.88. The number of halogens is 2. The summed E-state index contributed by atoms with van der Waals surface area (Å²) < 4.78 is 33.8. The maximum Gasteiger partial charge on any atom is 0.257 e. The molecule has 5 aliphatic rings. The summed E-state index contributed by atoms with van der Waals surface area (Å²) in [6.07, 6.45) is 0.695. The number of benzene rings is 1. The molecule has 0 radical (unpaired) electrons. The molecule has 0 aromatic heterocycles. The van der Waals surface area contributed by atoms with E-state index in [2.05, 4.69) is 0 Å². The van der Waals surface area contributed by atoms with Crippen LogP contribution in [-0.2, 0) is 16.6 Å². The second-order valence-corrected chi connectivity index (χ2v) is 9.83. The van der Waals surface area contributed by atoms with Crippen LogP contribution in [0.4, 0.5) is 8.78 Å². The van der Waals surface area contributed by atoms with Crippen molar-refractivity contribution in [1.82, 2.24) is 0 Å². The number of alkyl halides is 2. The molecule has 1 saturated heterocycles. The monoisotopic (exact) mass is 392 g/mol. The summed E-state index contributed by atoms with van der Waals surface area (Å²) in [4.78, 5) is 12.8. The smallest absolute Gasteiger partial charge is 0.257 e. The number of aliphatic hydroxyl groups is 1. The van der Waals surface area contributed by atoms with E-state index in [-0.39, 0.29) is 30.4 Å². The molecule has 2 saturated carbocycles. The molecular weight excluding hydrogens is 368 g/mol. The van der Waals surface area contributed by atoms with E-state index in [1.807, 2.05) is 13.1 Å². The van der Waals surface area contributed by atoms with Crippen LogP contribution in [0.1, 0.15) is 36.8 Å². The number of ether oxygens (including phenoxy) is 1. The molecule has 0 amide bonds. The number of phenolic OH excluding ortho intramolecular Hbond substituents is 1. The molecule has 6 atom stereocenters. The number of piperidine rings is 1. The Morgan fingerprint density at radius 2 is 2.07 bits per heavy atom. The summed E-state index contributed by atoms with van der Waals surface area (Å²) in [5.41, 5.74) is -0.327. The Hall–Kier alpha value is -1.73. The lowest BCUT2D eigenvalue weighted by Crippen LogP contribution is -2.80. The van der Waals surface area contributed by atoms with Crippen LogP contribution in [0.3, 0.4) is 0 Å². The van der Waals surface area contributed by atoms with E-state index in [4.69, 9.17) is 4.74 Å². The molecule has 2 unspecified atom stereocenters. The normalized spacial score (nSPS) is 46.7. The van der Waals surface area contributed by atoms with Crippen molar-refractivity contribution in [3.63, 3.8) is 0 Å². The Morgan fingerprint density at radius 1 is 1.32 bits per heavy atom. The molecule has 150 valence electrons. The van der Waals surface area contributed by atoms with Gasteiger partial charge in [0.2, 0.25) is 0 Å². The summed E-state index contributed by atoms with van der Waals surface area (Å²) >= 11 is 0. The van der Waals surface area contributed by atoms with Crippen LogP contribution >= 0.6 is 0 Å². The molecule has 2 aliphatic heterocycles. The van der Waals surface area contributed by atoms with Crippen LogP contribution in [0.5, 0.6) is 11.5 Å². The molecule has 5 nitrogen and oxygen atoms in total. The van der Waals surface area contributed by atoms with E-state index < -0.39 is 29.0 Å². The summed E-state index contributed by atoms with van der Waals surface area (Å²) in [6, 6.07) is 3.15. The van der Waals surface area contributed by atoms with Crippen LogP contribution in [0.2, 0.25) is 0 Å². The van der Waals surface area contributed by atoms with E-state index in [0.717, 1.165) is 11.1 Å². The van der Waals surface area contributed by atoms with E-state index in [0.29, 0.717) is 42.6 Å². The molecule has 3 fully saturated rings. The number of likely N-dealkylation sites (tertiary alicyclic amines) is 1. The predicted octanol–water partition coefficient (Wildman–Crippen LogP) is 1.92. The molecule has 2 bridgehead atoms. The second kappa shape index (κ2) is 4.70. The van der Waals surface area contributed by atoms with Gasteiger partial charge < -0.3 is 19.4 Å². The van der Waals surface area contributed by atoms with Gasteiger partial charge in [-0.3, -0.25) is 4.79 Å². The van der Waals surface area contributed by atoms with Gasteiger partial charge in [0.05, 0.1) is 31.5 Å². The number of aromatic hydroxyl groups is 1. The van der Waals surface area contributed by atoms with Gasteiger partial charge in [-0.2, -0.15) is 0 Å². The molecule has 28 heavy (non-hydrogen) atoms. The summed E-state index contributed by atoms with van der Waals surface area (Å²) in [7, 11) is 1.98. The number of hydrogen-bond donors (Lipinski definition) is 2. The zero-order valence-electron chi connectivity index (χ0n) is 15.8. The largest absolute Gasteiger partial charge is 0.504 e. The number of phenols is 1. The van der Waals surface area contributed by atoms with Crippen LogP contribution in [-0.4, -0.2) is 64.3 Å². The third kappa shape index (κ3) is 1.73. The topological polar surface area (TPSA) is 66.8 Å². The first kappa shape index (κ1) is 17.2. The van der Waals surface area contributed by atoms with Gasteiger partial charge in [-0.1, -0.05) is 6.07 Å². The summed E-state index contributed by atoms with van der Waals surface area (Å²) in [6.45, 7) is 0.955. The number of quaternary nitrogens is 1. The molecule has 1 aromatic rings. The quantitative estimate of drug-likeness (QED) is 0.755. The van der Waals surface area contributed by atoms with Crippen molar-refractivity contribution >= 4 is 5.78 Å². The lowest BCUT2D eigenvalue weighted by Gasteiger charge is -2.64. The first-order valence-electron chi connectivity index (χ1n) is 10.1. The highest BCUT2D eigenvalue weighted by Gasteiger charge is 2.77. The van der Waals surface area contributed by atoms with Crippen molar-refractivity contribution in [3.8, 4) is 11.5 Å². The molecule has 3 aliphatic carbocycles. The molecule has 2 N–H and O–H groups in total. The van der Waals surface area contributed by atoms with E-state index >= 15 is 0 Å².